The molecule has 1 aromatic heterocycles. The maximum Gasteiger partial charge on any atom is 0.184 e. The third kappa shape index (κ3) is 1.85. The van der Waals surface area contributed by atoms with E-state index in [-0.39, 0.29) is 5.52 Å². The lowest BCUT2D eigenvalue weighted by Gasteiger charge is -2.08. The fourth-order valence-electron chi connectivity index (χ4n) is 3.00. The van der Waals surface area contributed by atoms with Crippen LogP contribution in [0.2, 0.25) is 0 Å². The van der Waals surface area contributed by atoms with Crippen molar-refractivity contribution in [3.05, 3.63) is 36.0 Å². The summed E-state index contributed by atoms with van der Waals surface area (Å²) >= 11 is 0. The van der Waals surface area contributed by atoms with E-state index in [1.165, 1.54) is 12.3 Å². The summed E-state index contributed by atoms with van der Waals surface area (Å²) in [7, 11) is 0. The minimum atomic E-state index is -0.914. The lowest BCUT2D eigenvalue weighted by molar-refractivity contribution is 0.137. The van der Waals surface area contributed by atoms with Crippen molar-refractivity contribution in [2.75, 3.05) is 19.8 Å². The summed E-state index contributed by atoms with van der Waals surface area (Å²) in [6.07, 6.45) is 1.44. The Bertz CT molecular complexity index is 666. The average molecular weight is 277 g/mol. The van der Waals surface area contributed by atoms with Crippen molar-refractivity contribution in [2.45, 2.75) is 0 Å². The van der Waals surface area contributed by atoms with Gasteiger partial charge >= 0.3 is 0 Å². The van der Waals surface area contributed by atoms with Crippen LogP contribution >= 0.6 is 0 Å². The van der Waals surface area contributed by atoms with Gasteiger partial charge in [0, 0.05) is 11.3 Å². The molecular formula is C15H13F2NO2. The van der Waals surface area contributed by atoms with E-state index in [9.17, 15) is 8.78 Å². The Balaban J connectivity index is 1.51. The van der Waals surface area contributed by atoms with Crippen LogP contribution in [0.15, 0.2) is 24.4 Å². The van der Waals surface area contributed by atoms with Crippen LogP contribution in [-0.4, -0.2) is 24.8 Å². The highest BCUT2D eigenvalue weighted by Gasteiger charge is 2.54. The number of aromatic nitrogens is 1. The second kappa shape index (κ2) is 4.38. The molecule has 1 saturated heterocycles. The topological polar surface area (TPSA) is 31.4 Å². The SMILES string of the molecule is Fc1ccc2cc(OCC3C4COCC43)cnc2c1F. The summed E-state index contributed by atoms with van der Waals surface area (Å²) in [6, 6.07) is 4.30. The van der Waals surface area contributed by atoms with Gasteiger partial charge in [0.1, 0.15) is 11.3 Å². The molecule has 104 valence electrons. The summed E-state index contributed by atoms with van der Waals surface area (Å²) in [5.74, 6) is 0.621. The molecule has 5 heteroatoms. The molecule has 2 aromatic rings. The van der Waals surface area contributed by atoms with Crippen LogP contribution in [-0.2, 0) is 4.74 Å². The zero-order valence-electron chi connectivity index (χ0n) is 10.7. The van der Waals surface area contributed by atoms with E-state index >= 15 is 0 Å². The van der Waals surface area contributed by atoms with Crippen molar-refractivity contribution < 1.29 is 18.3 Å². The molecule has 0 radical (unpaired) electrons. The van der Waals surface area contributed by atoms with Gasteiger partial charge in [0.25, 0.3) is 0 Å². The van der Waals surface area contributed by atoms with Crippen LogP contribution in [0.1, 0.15) is 0 Å². The Hall–Kier alpha value is -1.75. The summed E-state index contributed by atoms with van der Waals surface area (Å²) in [5, 5.41) is 0.542. The van der Waals surface area contributed by atoms with Crippen molar-refractivity contribution in [1.82, 2.24) is 4.98 Å². The Morgan fingerprint density at radius 3 is 2.85 bits per heavy atom. The monoisotopic (exact) mass is 277 g/mol. The van der Waals surface area contributed by atoms with E-state index in [0.717, 1.165) is 19.3 Å². The highest BCUT2D eigenvalue weighted by molar-refractivity contribution is 5.80. The molecule has 0 bridgehead atoms. The number of halogens is 2. The van der Waals surface area contributed by atoms with Crippen molar-refractivity contribution in [1.29, 1.82) is 0 Å². The van der Waals surface area contributed by atoms with Gasteiger partial charge in [-0.3, -0.25) is 0 Å². The molecule has 3 nitrogen and oxygen atoms in total. The van der Waals surface area contributed by atoms with Gasteiger partial charge in [0.2, 0.25) is 0 Å². The van der Waals surface area contributed by atoms with E-state index in [2.05, 4.69) is 4.98 Å². The Morgan fingerprint density at radius 2 is 2.05 bits per heavy atom. The zero-order valence-corrected chi connectivity index (χ0v) is 10.7. The first-order chi connectivity index (χ1) is 9.74. The number of fused-ring (bicyclic) bond motifs is 2. The largest absolute Gasteiger partial charge is 0.492 e. The number of rotatable bonds is 3. The van der Waals surface area contributed by atoms with Crippen LogP contribution in [0.4, 0.5) is 8.78 Å². The first-order valence-corrected chi connectivity index (χ1v) is 6.68. The predicted molar refractivity (Wildman–Crippen MR) is 68.4 cm³/mol. The standard InChI is InChI=1S/C15H13F2NO2/c16-13-2-1-8-3-9(4-18-15(8)14(13)17)20-7-12-10-5-19-6-11(10)12/h1-4,10-12H,5-7H2. The third-order valence-corrected chi connectivity index (χ3v) is 4.29. The second-order valence-corrected chi connectivity index (χ2v) is 5.44. The maximum absolute atomic E-state index is 13.5. The van der Waals surface area contributed by atoms with Crippen molar-refractivity contribution in [3.63, 3.8) is 0 Å². The van der Waals surface area contributed by atoms with Gasteiger partial charge in [-0.25, -0.2) is 13.8 Å². The van der Waals surface area contributed by atoms with Gasteiger partial charge in [0.05, 0.1) is 26.0 Å². The van der Waals surface area contributed by atoms with E-state index in [4.69, 9.17) is 9.47 Å². The summed E-state index contributed by atoms with van der Waals surface area (Å²) in [5.41, 5.74) is 0.0361. The first-order valence-electron chi connectivity index (χ1n) is 6.68. The zero-order chi connectivity index (χ0) is 13.7. The van der Waals surface area contributed by atoms with E-state index < -0.39 is 11.6 Å². The van der Waals surface area contributed by atoms with Crippen molar-refractivity contribution in [3.8, 4) is 5.75 Å². The quantitative estimate of drug-likeness (QED) is 0.864. The molecule has 20 heavy (non-hydrogen) atoms. The fraction of sp³-hybridized carbons (Fsp3) is 0.400. The molecular weight excluding hydrogens is 264 g/mol. The number of nitrogens with zero attached hydrogens (tertiary/aromatic N) is 1. The minimum Gasteiger partial charge on any atom is -0.492 e. The number of ether oxygens (including phenoxy) is 2. The number of hydrogen-bond acceptors (Lipinski definition) is 3. The van der Waals surface area contributed by atoms with Gasteiger partial charge in [-0.05, 0) is 30.0 Å². The van der Waals surface area contributed by atoms with Crippen LogP contribution in [0.25, 0.3) is 10.9 Å². The molecule has 2 atom stereocenters. The highest BCUT2D eigenvalue weighted by Crippen LogP contribution is 2.50. The average Bonchev–Trinajstić information content (AvgIpc) is 2.90. The van der Waals surface area contributed by atoms with E-state index in [0.29, 0.717) is 35.5 Å². The van der Waals surface area contributed by atoms with Gasteiger partial charge in [-0.2, -0.15) is 0 Å². The molecule has 1 aliphatic heterocycles. The number of pyridine rings is 1. The Kier molecular flexibility index (Phi) is 2.63. The van der Waals surface area contributed by atoms with Gasteiger partial charge in [-0.15, -0.1) is 0 Å². The molecule has 2 heterocycles. The lowest BCUT2D eigenvalue weighted by atomic mass is 10.2. The third-order valence-electron chi connectivity index (χ3n) is 4.29. The van der Waals surface area contributed by atoms with Gasteiger partial charge in [-0.1, -0.05) is 0 Å². The molecule has 0 N–H and O–H groups in total. The van der Waals surface area contributed by atoms with E-state index in [1.54, 1.807) is 6.07 Å². The summed E-state index contributed by atoms with van der Waals surface area (Å²) in [6.45, 7) is 2.30. The van der Waals surface area contributed by atoms with Crippen molar-refractivity contribution in [2.24, 2.45) is 17.8 Å². The smallest absolute Gasteiger partial charge is 0.184 e. The van der Waals surface area contributed by atoms with Crippen LogP contribution < -0.4 is 4.74 Å². The first kappa shape index (κ1) is 12.0. The molecule has 0 amide bonds. The van der Waals surface area contributed by atoms with Gasteiger partial charge < -0.3 is 9.47 Å². The molecule has 1 aromatic carbocycles. The van der Waals surface area contributed by atoms with Crippen molar-refractivity contribution >= 4 is 10.9 Å². The van der Waals surface area contributed by atoms with Gasteiger partial charge in [0.15, 0.2) is 11.6 Å². The van der Waals surface area contributed by atoms with Crippen LogP contribution in [0.5, 0.6) is 5.75 Å². The molecule has 2 aliphatic rings. The molecule has 4 rings (SSSR count). The molecule has 2 fully saturated rings. The molecule has 1 aliphatic carbocycles. The van der Waals surface area contributed by atoms with Crippen LogP contribution in [0.3, 0.4) is 0 Å². The predicted octanol–water partition coefficient (Wildman–Crippen LogP) is 2.78. The normalized spacial score (nSPS) is 27.6. The summed E-state index contributed by atoms with van der Waals surface area (Å²) < 4.78 is 37.6. The molecule has 2 unspecified atom stereocenters. The fourth-order valence-corrected chi connectivity index (χ4v) is 3.00. The maximum atomic E-state index is 13.5. The minimum absolute atomic E-state index is 0.0361. The number of hydrogen-bond donors (Lipinski definition) is 0. The van der Waals surface area contributed by atoms with Crippen LogP contribution in [0, 0.1) is 29.4 Å². The molecule has 0 spiro atoms. The Labute approximate surface area is 114 Å². The number of benzene rings is 1. The summed E-state index contributed by atoms with van der Waals surface area (Å²) in [4.78, 5) is 3.95. The Morgan fingerprint density at radius 1 is 1.25 bits per heavy atom. The highest BCUT2D eigenvalue weighted by atomic mass is 19.2. The second-order valence-electron chi connectivity index (χ2n) is 5.44. The lowest BCUT2D eigenvalue weighted by Crippen LogP contribution is -2.07. The molecule has 1 saturated carbocycles. The van der Waals surface area contributed by atoms with E-state index in [1.807, 2.05) is 0 Å².